The Bertz CT molecular complexity index is 1400. The molecule has 66 heavy (non-hydrogen) atoms. The van der Waals surface area contributed by atoms with Crippen LogP contribution in [0, 0.1) is 0 Å². The van der Waals surface area contributed by atoms with Crippen LogP contribution in [0.4, 0.5) is 0 Å². The molecule has 2 unspecified atom stereocenters. The number of carboxylic acids is 1. The van der Waals surface area contributed by atoms with Crippen LogP contribution >= 0.6 is 0 Å². The number of ether oxygens (including phenoxy) is 4. The molecule has 0 saturated carbocycles. The van der Waals surface area contributed by atoms with E-state index in [1.165, 1.54) is 51.4 Å². The zero-order chi connectivity index (χ0) is 48.4. The average Bonchev–Trinajstić information content (AvgIpc) is 3.28. The third-order valence-electron chi connectivity index (χ3n) is 10.6. The number of rotatable bonds is 46. The third-order valence-corrected chi connectivity index (χ3v) is 10.6. The summed E-state index contributed by atoms with van der Waals surface area (Å²) in [5, 5.41) is 9.67. The number of aliphatic carboxylic acids is 1. The number of nitrogens with zero attached hydrogens (tertiary/aromatic N) is 1. The van der Waals surface area contributed by atoms with Crippen LogP contribution in [0.15, 0.2) is 97.2 Å². The van der Waals surface area contributed by atoms with Crippen molar-refractivity contribution >= 4 is 17.9 Å². The predicted molar refractivity (Wildman–Crippen MR) is 276 cm³/mol. The number of likely N-dealkylation sites (N-methyl/N-ethyl adjacent to an activating group) is 1. The van der Waals surface area contributed by atoms with Crippen LogP contribution in [0.2, 0.25) is 0 Å². The van der Waals surface area contributed by atoms with E-state index in [0.717, 1.165) is 103 Å². The summed E-state index contributed by atoms with van der Waals surface area (Å²) in [6.45, 7) is 4.69. The molecule has 0 heterocycles. The summed E-state index contributed by atoms with van der Waals surface area (Å²) >= 11 is 0. The highest BCUT2D eigenvalue weighted by Crippen LogP contribution is 2.13. The zero-order valence-corrected chi connectivity index (χ0v) is 42.6. The van der Waals surface area contributed by atoms with Gasteiger partial charge in [0.25, 0.3) is 6.29 Å². The first-order valence-electron chi connectivity index (χ1n) is 25.9. The van der Waals surface area contributed by atoms with Gasteiger partial charge in [-0.3, -0.25) is 9.59 Å². The second-order valence-electron chi connectivity index (χ2n) is 18.1. The Morgan fingerprint density at radius 1 is 0.470 bits per heavy atom. The molecule has 0 rings (SSSR count). The molecule has 2 atom stereocenters. The van der Waals surface area contributed by atoms with E-state index in [2.05, 4.69) is 111 Å². The molecule has 9 heteroatoms. The molecule has 0 amide bonds. The van der Waals surface area contributed by atoms with Crippen molar-refractivity contribution in [3.05, 3.63) is 97.2 Å². The highest BCUT2D eigenvalue weighted by Gasteiger charge is 2.25. The van der Waals surface area contributed by atoms with Gasteiger partial charge in [-0.05, 0) is 96.3 Å². The molecule has 1 N–H and O–H groups in total. The van der Waals surface area contributed by atoms with Gasteiger partial charge in [-0.25, -0.2) is 4.79 Å². The number of hydrogen-bond acceptors (Lipinski definition) is 7. The highest BCUT2D eigenvalue weighted by molar-refractivity contribution is 5.71. The van der Waals surface area contributed by atoms with Crippen molar-refractivity contribution < 1.29 is 42.9 Å². The first-order valence-corrected chi connectivity index (χ1v) is 25.9. The van der Waals surface area contributed by atoms with Crippen LogP contribution in [0.1, 0.15) is 187 Å². The molecule has 376 valence electrons. The van der Waals surface area contributed by atoms with Gasteiger partial charge in [0.05, 0.1) is 34.4 Å². The average molecular weight is 923 g/mol. The van der Waals surface area contributed by atoms with Crippen molar-refractivity contribution in [3.8, 4) is 0 Å². The van der Waals surface area contributed by atoms with E-state index in [0.29, 0.717) is 17.4 Å². The number of carboxylic acid groups (broad SMARTS) is 1. The number of carbonyl (C=O) groups excluding carboxylic acids is 2. The molecule has 0 aliphatic carbocycles. The van der Waals surface area contributed by atoms with Crippen LogP contribution < -0.4 is 0 Å². The lowest BCUT2D eigenvalue weighted by Gasteiger charge is -2.25. The molecule has 0 aromatic rings. The Morgan fingerprint density at radius 2 is 0.864 bits per heavy atom. The first-order chi connectivity index (χ1) is 32.1. The zero-order valence-electron chi connectivity index (χ0n) is 42.6. The normalized spacial score (nSPS) is 13.7. The lowest BCUT2D eigenvalue weighted by atomic mass is 10.1. The van der Waals surface area contributed by atoms with E-state index in [1.807, 2.05) is 21.1 Å². The van der Waals surface area contributed by atoms with Crippen molar-refractivity contribution in [2.45, 2.75) is 200 Å². The van der Waals surface area contributed by atoms with Gasteiger partial charge >= 0.3 is 17.9 Å². The summed E-state index contributed by atoms with van der Waals surface area (Å²) < 4.78 is 22.8. The fourth-order valence-corrected chi connectivity index (χ4v) is 6.57. The van der Waals surface area contributed by atoms with Gasteiger partial charge in [0.2, 0.25) is 0 Å². The summed E-state index contributed by atoms with van der Waals surface area (Å²) in [5.74, 6) is -2.07. The topological polar surface area (TPSA) is 108 Å². The summed E-state index contributed by atoms with van der Waals surface area (Å²) in [5.41, 5.74) is 0. The molecule has 0 aliphatic heterocycles. The maximum atomic E-state index is 12.8. The number of hydrogen-bond donors (Lipinski definition) is 1. The van der Waals surface area contributed by atoms with Gasteiger partial charge in [0.1, 0.15) is 13.2 Å². The van der Waals surface area contributed by atoms with Crippen LogP contribution in [0.3, 0.4) is 0 Å². The van der Waals surface area contributed by atoms with Gasteiger partial charge in [-0.1, -0.05) is 175 Å². The maximum Gasteiger partial charge on any atom is 0.361 e. The minimum atomic E-state index is -1.53. The summed E-state index contributed by atoms with van der Waals surface area (Å²) in [6.07, 6.45) is 60.4. The van der Waals surface area contributed by atoms with Crippen LogP contribution in [-0.2, 0) is 33.3 Å². The molecular formula is C57H96NO8+. The van der Waals surface area contributed by atoms with E-state index in [4.69, 9.17) is 18.9 Å². The fraction of sp³-hybridized carbons (Fsp3) is 0.667. The molecule has 0 fully saturated rings. The molecule has 0 aliphatic rings. The number of unbranched alkanes of at least 4 members (excludes halogenated alkanes) is 15. The monoisotopic (exact) mass is 923 g/mol. The Morgan fingerprint density at radius 3 is 1.32 bits per heavy atom. The Balaban J connectivity index is 4.45. The molecular weight excluding hydrogens is 827 g/mol. The number of carbonyl (C=O) groups is 3. The van der Waals surface area contributed by atoms with Crippen molar-refractivity contribution in [2.75, 3.05) is 47.5 Å². The minimum Gasteiger partial charge on any atom is -0.477 e. The second-order valence-corrected chi connectivity index (χ2v) is 18.1. The summed E-state index contributed by atoms with van der Waals surface area (Å²) in [7, 11) is 5.94. The molecule has 9 nitrogen and oxygen atoms in total. The quantitative estimate of drug-likeness (QED) is 0.0211. The SMILES string of the molecule is CC/C=C\C/C=C\C/C=C\C/C=C\C/C=C\C/C=C\C/C=C\CCCCCC(=O)OC(COC(=O)CCCCCCC/C=C\CCCCCCCCC)COC(OCC[N+](C)(C)C)C(=O)O. The molecule has 0 radical (unpaired) electrons. The molecule has 0 spiro atoms. The highest BCUT2D eigenvalue weighted by atomic mass is 16.7. The van der Waals surface area contributed by atoms with Gasteiger partial charge in [0.15, 0.2) is 6.10 Å². The molecule has 0 aromatic heterocycles. The number of allylic oxidation sites excluding steroid dienone is 16. The first kappa shape index (κ1) is 62.2. The fourth-order valence-electron chi connectivity index (χ4n) is 6.57. The van der Waals surface area contributed by atoms with E-state index < -0.39 is 24.3 Å². The van der Waals surface area contributed by atoms with Gasteiger partial charge < -0.3 is 28.5 Å². The van der Waals surface area contributed by atoms with Crippen LogP contribution in [-0.4, -0.2) is 87.4 Å². The Hall–Kier alpha value is -3.79. The molecule has 0 saturated heterocycles. The molecule has 0 aromatic carbocycles. The lowest BCUT2D eigenvalue weighted by Crippen LogP contribution is -2.40. The Labute approximate surface area is 403 Å². The maximum absolute atomic E-state index is 12.8. The molecule has 0 bridgehead atoms. The predicted octanol–water partition coefficient (Wildman–Crippen LogP) is 14.6. The summed E-state index contributed by atoms with van der Waals surface area (Å²) in [4.78, 5) is 37.3. The minimum absolute atomic E-state index is 0.174. The number of esters is 2. The lowest BCUT2D eigenvalue weighted by molar-refractivity contribution is -0.870. The van der Waals surface area contributed by atoms with Crippen molar-refractivity contribution in [3.63, 3.8) is 0 Å². The van der Waals surface area contributed by atoms with Crippen LogP contribution in [0.25, 0.3) is 0 Å². The van der Waals surface area contributed by atoms with E-state index in [1.54, 1.807) is 0 Å². The van der Waals surface area contributed by atoms with Gasteiger partial charge in [0, 0.05) is 12.8 Å². The smallest absolute Gasteiger partial charge is 0.361 e. The standard InChI is InChI=1S/C57H95NO8/c1-6-8-10-12-14-16-18-20-22-24-25-26-27-28-29-30-31-32-34-36-38-40-42-44-46-48-55(60)66-53(52-65-57(56(61)62)63-50-49-58(3,4)5)51-64-54(59)47-45-43-41-39-37-35-33-23-21-19-17-15-13-11-9-7-2/h8,10,14,16,20,22-23,25-26,28-29,31-33,36,38,53,57H,6-7,9,11-13,15,17-19,21,24,27,30,34-35,37,39-52H2,1-5H3/p+1/b10-8-,16-14-,22-20-,26-25-,29-28-,32-31-,33-23-,38-36-. The van der Waals surface area contributed by atoms with E-state index in [-0.39, 0.29) is 38.6 Å². The Kier molecular flexibility index (Phi) is 45.0. The third kappa shape index (κ3) is 48.2. The van der Waals surface area contributed by atoms with Crippen LogP contribution in [0.5, 0.6) is 0 Å². The van der Waals surface area contributed by atoms with Crippen molar-refractivity contribution in [1.82, 2.24) is 0 Å². The van der Waals surface area contributed by atoms with Crippen molar-refractivity contribution in [2.24, 2.45) is 0 Å². The van der Waals surface area contributed by atoms with Gasteiger partial charge in [-0.2, -0.15) is 0 Å². The summed E-state index contributed by atoms with van der Waals surface area (Å²) in [6, 6.07) is 0. The number of quaternary nitrogens is 1. The van der Waals surface area contributed by atoms with Crippen molar-refractivity contribution in [1.29, 1.82) is 0 Å². The van der Waals surface area contributed by atoms with E-state index in [9.17, 15) is 19.5 Å². The second kappa shape index (κ2) is 47.7. The van der Waals surface area contributed by atoms with Gasteiger partial charge in [-0.15, -0.1) is 0 Å². The largest absolute Gasteiger partial charge is 0.477 e. The van der Waals surface area contributed by atoms with E-state index >= 15 is 0 Å².